The van der Waals surface area contributed by atoms with Gasteiger partial charge in [-0.05, 0) is 0 Å². The molecule has 0 fully saturated rings. The van der Waals surface area contributed by atoms with Gasteiger partial charge in [-0.3, -0.25) is 0 Å². The van der Waals surface area contributed by atoms with Gasteiger partial charge >= 0.3 is 120 Å². The molecule has 118 valence electrons. The fourth-order valence-electron chi connectivity index (χ4n) is 1.81. The first-order valence-electron chi connectivity index (χ1n) is 7.82. The van der Waals surface area contributed by atoms with E-state index in [1.54, 1.807) is 0 Å². The van der Waals surface area contributed by atoms with Gasteiger partial charge in [0, 0.05) is 0 Å². The normalized spacial score (nSPS) is 9.55. The number of benzene rings is 2. The second kappa shape index (κ2) is 16.1. The van der Waals surface area contributed by atoms with Crippen molar-refractivity contribution in [3.63, 3.8) is 0 Å². The number of hydrogen-bond donors (Lipinski definition) is 0. The molecule has 0 aliphatic rings. The first-order valence-corrected chi connectivity index (χ1v) is 9.97. The Labute approximate surface area is 171 Å². The van der Waals surface area contributed by atoms with Crippen LogP contribution in [0.4, 0.5) is 0 Å². The Morgan fingerprint density at radius 2 is 1.45 bits per heavy atom. The summed E-state index contributed by atoms with van der Waals surface area (Å²) >= 11 is 0.00869. The van der Waals surface area contributed by atoms with Gasteiger partial charge in [0.05, 0.1) is 0 Å². The first kappa shape index (κ1) is 22.2. The van der Waals surface area contributed by atoms with Gasteiger partial charge in [-0.25, -0.2) is 0 Å². The number of halogens is 1. The molecule has 0 radical (unpaired) electrons. The fraction of sp³-hybridized carbons (Fsp3) is 0.350. The molecule has 0 aliphatic carbocycles. The van der Waals surface area contributed by atoms with E-state index in [1.165, 1.54) is 39.2 Å². The average Bonchev–Trinajstić information content (AvgIpc) is 2.54. The first-order chi connectivity index (χ1) is 10.4. The summed E-state index contributed by atoms with van der Waals surface area (Å²) in [6.45, 7) is 6.02. The molecule has 0 aliphatic heterocycles. The van der Waals surface area contributed by atoms with E-state index >= 15 is 0 Å². The van der Waals surface area contributed by atoms with Crippen LogP contribution in [-0.4, -0.2) is 0 Å². The molecule has 2 heteroatoms. The van der Waals surface area contributed by atoms with E-state index in [9.17, 15) is 0 Å². The zero-order valence-corrected chi connectivity index (χ0v) is 19.8. The maximum absolute atomic E-state index is 3.78. The summed E-state index contributed by atoms with van der Waals surface area (Å²) in [4.78, 5) is 0. The predicted octanol–water partition coefficient (Wildman–Crippen LogP) is 2.80. The molecular formula is C20H26IU-. The van der Waals surface area contributed by atoms with Crippen molar-refractivity contribution >= 4 is 0 Å². The zero-order valence-electron chi connectivity index (χ0n) is 13.5. The molecule has 0 nitrogen and oxygen atoms in total. The van der Waals surface area contributed by atoms with Gasteiger partial charge in [0.15, 0.2) is 0 Å². The summed E-state index contributed by atoms with van der Waals surface area (Å²) < 4.78 is 2.91. The SMILES string of the molecule is [CH2-]CCCCCCC.[U+2].[c-]1ccc([I-]c2ccccc2)cc1. The average molecular weight is 631 g/mol. The van der Waals surface area contributed by atoms with Crippen LogP contribution >= 0.6 is 0 Å². The Hall–Kier alpha value is 0.222. The molecule has 0 spiro atoms. The van der Waals surface area contributed by atoms with Gasteiger partial charge in [-0.15, -0.1) is 0 Å². The third kappa shape index (κ3) is 11.7. The quantitative estimate of drug-likeness (QED) is 0.251. The Morgan fingerprint density at radius 3 is 2.05 bits per heavy atom. The second-order valence-electron chi connectivity index (χ2n) is 4.88. The third-order valence-corrected chi connectivity index (χ3v) is 5.67. The van der Waals surface area contributed by atoms with Crippen molar-refractivity contribution in [1.29, 1.82) is 0 Å². The molecule has 22 heavy (non-hydrogen) atoms. The summed E-state index contributed by atoms with van der Waals surface area (Å²) in [6.07, 6.45) is 7.98. The van der Waals surface area contributed by atoms with Gasteiger partial charge < -0.3 is 6.92 Å². The van der Waals surface area contributed by atoms with Crippen LogP contribution in [0.25, 0.3) is 0 Å². The van der Waals surface area contributed by atoms with Crippen molar-refractivity contribution in [2.75, 3.05) is 0 Å². The molecule has 0 saturated heterocycles. The van der Waals surface area contributed by atoms with Crippen LogP contribution in [0, 0.1) is 51.2 Å². The molecule has 0 unspecified atom stereocenters. The molecule has 0 atom stereocenters. The van der Waals surface area contributed by atoms with E-state index < -0.39 is 0 Å². The summed E-state index contributed by atoms with van der Waals surface area (Å²) in [5.41, 5.74) is 0. The van der Waals surface area contributed by atoms with Gasteiger partial charge in [-0.2, -0.15) is 6.42 Å². The van der Waals surface area contributed by atoms with E-state index in [0.29, 0.717) is 0 Å². The zero-order chi connectivity index (χ0) is 15.2. The van der Waals surface area contributed by atoms with Crippen LogP contribution in [0.1, 0.15) is 45.4 Å². The van der Waals surface area contributed by atoms with Crippen molar-refractivity contribution in [1.82, 2.24) is 0 Å². The molecule has 2 aromatic carbocycles. The van der Waals surface area contributed by atoms with E-state index in [2.05, 4.69) is 62.4 Å². The monoisotopic (exact) mass is 631 g/mol. The van der Waals surface area contributed by atoms with Crippen molar-refractivity contribution in [2.45, 2.75) is 45.4 Å². The summed E-state index contributed by atoms with van der Waals surface area (Å²) in [7, 11) is 0. The molecule has 2 aromatic rings. The van der Waals surface area contributed by atoms with Crippen LogP contribution < -0.4 is 21.2 Å². The van der Waals surface area contributed by atoms with Crippen LogP contribution in [0.2, 0.25) is 0 Å². The molecule has 0 saturated carbocycles. The number of hydrogen-bond acceptors (Lipinski definition) is 0. The van der Waals surface area contributed by atoms with Gasteiger partial charge in [0.2, 0.25) is 0 Å². The minimum atomic E-state index is 0. The Kier molecular flexibility index (Phi) is 16.3. The topological polar surface area (TPSA) is 0 Å². The summed E-state index contributed by atoms with van der Waals surface area (Å²) in [5, 5.41) is 0. The van der Waals surface area contributed by atoms with Crippen LogP contribution in [0.15, 0.2) is 54.6 Å². The third-order valence-electron chi connectivity index (χ3n) is 2.98. The second-order valence-corrected chi connectivity index (χ2v) is 7.91. The molecule has 0 bridgehead atoms. The van der Waals surface area contributed by atoms with Gasteiger partial charge in [-0.1, -0.05) is 39.0 Å². The van der Waals surface area contributed by atoms with Gasteiger partial charge in [0.25, 0.3) is 0 Å². The predicted molar refractivity (Wildman–Crippen MR) is 87.8 cm³/mol. The maximum atomic E-state index is 3.78. The molecule has 0 aromatic heterocycles. The minimum absolute atomic E-state index is 0. The van der Waals surface area contributed by atoms with Crippen molar-refractivity contribution in [3.05, 3.63) is 74.7 Å². The molecular weight excluding hydrogens is 605 g/mol. The Bertz CT molecular complexity index is 398. The van der Waals surface area contributed by atoms with Crippen molar-refractivity contribution < 1.29 is 52.3 Å². The standard InChI is InChI=1S/C12H9I.C8H17.U/c1-3-7-11(8-4-1)13-12-9-5-2-6-10-12;1-3-5-7-8-6-4-2;/h1,3-10H;1,3-8H2,2H3;/q-2;-1;+2. The van der Waals surface area contributed by atoms with Crippen LogP contribution in [-0.2, 0) is 0 Å². The van der Waals surface area contributed by atoms with Crippen molar-refractivity contribution in [3.8, 4) is 0 Å². The molecule has 2 rings (SSSR count). The van der Waals surface area contributed by atoms with E-state index in [-0.39, 0.29) is 52.3 Å². The van der Waals surface area contributed by atoms with Crippen molar-refractivity contribution in [2.24, 2.45) is 0 Å². The van der Waals surface area contributed by atoms with E-state index in [0.717, 1.165) is 6.42 Å². The summed E-state index contributed by atoms with van der Waals surface area (Å²) in [6, 6.07) is 22.0. The fourth-order valence-corrected chi connectivity index (χ4v) is 4.03. The van der Waals surface area contributed by atoms with Crippen LogP contribution in [0.5, 0.6) is 0 Å². The van der Waals surface area contributed by atoms with Gasteiger partial charge in [0.1, 0.15) is 0 Å². The van der Waals surface area contributed by atoms with Crippen LogP contribution in [0.3, 0.4) is 0 Å². The Morgan fingerprint density at radius 1 is 0.864 bits per heavy atom. The number of unbranched alkanes of at least 4 members (excludes halogenated alkanes) is 5. The molecule has 0 heterocycles. The number of rotatable bonds is 7. The molecule has 0 amide bonds. The van der Waals surface area contributed by atoms with E-state index in [1.807, 2.05) is 12.1 Å². The summed E-state index contributed by atoms with van der Waals surface area (Å²) in [5.74, 6) is 0. The van der Waals surface area contributed by atoms with E-state index in [4.69, 9.17) is 0 Å². The molecule has 0 N–H and O–H groups in total. The Balaban J connectivity index is 0.000000432.